The van der Waals surface area contributed by atoms with Gasteiger partial charge in [0.25, 0.3) is 5.22 Å². The molecule has 0 saturated carbocycles. The van der Waals surface area contributed by atoms with Gasteiger partial charge in [-0.05, 0) is 44.2 Å². The number of aromatic nitrogens is 2. The molecule has 18 heavy (non-hydrogen) atoms. The van der Waals surface area contributed by atoms with E-state index >= 15 is 0 Å². The zero-order valence-corrected chi connectivity index (χ0v) is 11.5. The van der Waals surface area contributed by atoms with Crippen molar-refractivity contribution < 1.29 is 9.52 Å². The van der Waals surface area contributed by atoms with Crippen LogP contribution in [-0.4, -0.2) is 15.1 Å². The predicted octanol–water partition coefficient (Wildman–Crippen LogP) is 3.28. The zero-order valence-electron chi connectivity index (χ0n) is 10.7. The van der Waals surface area contributed by atoms with Gasteiger partial charge in [0.15, 0.2) is 0 Å². The minimum atomic E-state index is -0.490. The third-order valence-electron chi connectivity index (χ3n) is 2.70. The highest BCUT2D eigenvalue weighted by atomic mass is 32.2. The van der Waals surface area contributed by atoms with Crippen LogP contribution >= 0.6 is 11.8 Å². The molecule has 0 spiro atoms. The molecule has 2 heterocycles. The number of nitrogens with zero attached hydrogens (tertiary/aromatic N) is 2. The second kappa shape index (κ2) is 5.54. The number of aliphatic hydroxyl groups is 1. The van der Waals surface area contributed by atoms with Crippen molar-refractivity contribution in [3.05, 3.63) is 35.5 Å². The number of aryl methyl sites for hydroxylation is 2. The molecule has 1 N–H and O–H groups in total. The van der Waals surface area contributed by atoms with Crippen molar-refractivity contribution in [3.63, 3.8) is 0 Å². The second-order valence-corrected chi connectivity index (χ2v) is 5.09. The number of hydrogen-bond acceptors (Lipinski definition) is 5. The summed E-state index contributed by atoms with van der Waals surface area (Å²) >= 11 is 1.43. The maximum absolute atomic E-state index is 9.65. The number of pyridine rings is 1. The maximum atomic E-state index is 9.65. The molecule has 0 saturated heterocycles. The molecule has 0 fully saturated rings. The summed E-state index contributed by atoms with van der Waals surface area (Å²) in [6.07, 6.45) is 1.90. The third kappa shape index (κ3) is 2.91. The first-order valence-electron chi connectivity index (χ1n) is 5.86. The van der Waals surface area contributed by atoms with Crippen LogP contribution in [0.4, 0.5) is 0 Å². The van der Waals surface area contributed by atoms with Gasteiger partial charge in [0, 0.05) is 11.1 Å². The molecule has 0 aliphatic heterocycles. The average Bonchev–Trinajstić information content (AvgIpc) is 2.68. The van der Waals surface area contributed by atoms with Crippen LogP contribution in [0.3, 0.4) is 0 Å². The minimum absolute atomic E-state index is 0.490. The Balaban J connectivity index is 2.10. The minimum Gasteiger partial charge on any atom is -0.436 e. The molecule has 5 heteroatoms. The van der Waals surface area contributed by atoms with Gasteiger partial charge in [-0.1, -0.05) is 6.92 Å². The molecule has 0 radical (unpaired) electrons. The molecule has 2 rings (SSSR count). The molecule has 2 aromatic heterocycles. The molecule has 0 amide bonds. The lowest BCUT2D eigenvalue weighted by Crippen LogP contribution is -1.97. The summed E-state index contributed by atoms with van der Waals surface area (Å²) in [5.41, 5.74) is 1.60. The molecule has 96 valence electrons. The van der Waals surface area contributed by atoms with Crippen LogP contribution in [0.2, 0.25) is 0 Å². The fourth-order valence-electron chi connectivity index (χ4n) is 1.45. The summed E-state index contributed by atoms with van der Waals surface area (Å²) in [5.74, 6) is 0.837. The van der Waals surface area contributed by atoms with Gasteiger partial charge in [-0.15, -0.1) is 0 Å². The fraction of sp³-hybridized carbons (Fsp3) is 0.385. The van der Waals surface area contributed by atoms with Gasteiger partial charge in [-0.3, -0.25) is 4.98 Å². The van der Waals surface area contributed by atoms with Crippen LogP contribution < -0.4 is 0 Å². The molecular formula is C13H16N2O2S. The Hall–Kier alpha value is -1.33. The lowest BCUT2D eigenvalue weighted by molar-refractivity contribution is 0.169. The van der Waals surface area contributed by atoms with Crippen molar-refractivity contribution in [2.75, 3.05) is 0 Å². The van der Waals surface area contributed by atoms with Gasteiger partial charge in [0.05, 0.1) is 17.5 Å². The topological polar surface area (TPSA) is 59.2 Å². The largest absolute Gasteiger partial charge is 0.436 e. The van der Waals surface area contributed by atoms with Crippen LogP contribution in [0, 0.1) is 13.8 Å². The van der Waals surface area contributed by atoms with Gasteiger partial charge >= 0.3 is 0 Å². The van der Waals surface area contributed by atoms with Gasteiger partial charge < -0.3 is 9.52 Å². The van der Waals surface area contributed by atoms with E-state index in [1.54, 1.807) is 6.20 Å². The number of hydrogen-bond donors (Lipinski definition) is 1. The van der Waals surface area contributed by atoms with Crippen LogP contribution in [0.1, 0.15) is 36.6 Å². The quantitative estimate of drug-likeness (QED) is 0.918. The molecule has 0 aliphatic rings. The van der Waals surface area contributed by atoms with E-state index in [0.29, 0.717) is 17.3 Å². The van der Waals surface area contributed by atoms with E-state index in [0.717, 1.165) is 16.3 Å². The van der Waals surface area contributed by atoms with Crippen LogP contribution in [-0.2, 0) is 0 Å². The molecule has 0 unspecified atom stereocenters. The molecule has 0 bridgehead atoms. The van der Waals surface area contributed by atoms with E-state index in [9.17, 15) is 5.11 Å². The first-order valence-corrected chi connectivity index (χ1v) is 6.67. The number of oxazole rings is 1. The molecule has 0 aromatic carbocycles. The Bertz CT molecular complexity index is 503. The number of aliphatic hydroxyl groups excluding tert-OH is 1. The standard InChI is InChI=1S/C13H16N2O2S/c1-4-12(16)11-6-5-10(7-14-11)18-13-15-8(2)9(3)17-13/h5-7,12,16H,4H2,1-3H3/t12-/m1/s1. The SMILES string of the molecule is CC[C@@H](O)c1ccc(Sc2nc(C)c(C)o2)cn1. The Morgan fingerprint density at radius 3 is 2.67 bits per heavy atom. The van der Waals surface area contributed by atoms with E-state index in [1.165, 1.54) is 11.8 Å². The predicted molar refractivity (Wildman–Crippen MR) is 69.6 cm³/mol. The number of rotatable bonds is 4. The molecule has 1 atom stereocenters. The van der Waals surface area contributed by atoms with Crippen LogP contribution in [0.25, 0.3) is 0 Å². The average molecular weight is 264 g/mol. The van der Waals surface area contributed by atoms with Crippen molar-refractivity contribution >= 4 is 11.8 Å². The van der Waals surface area contributed by atoms with Crippen molar-refractivity contribution in [1.29, 1.82) is 0 Å². The molecule has 0 aliphatic carbocycles. The summed E-state index contributed by atoms with van der Waals surface area (Å²) in [6, 6.07) is 3.75. The van der Waals surface area contributed by atoms with Crippen molar-refractivity contribution in [2.45, 2.75) is 43.4 Å². The third-order valence-corrected chi connectivity index (χ3v) is 3.53. The highest BCUT2D eigenvalue weighted by molar-refractivity contribution is 7.99. The highest BCUT2D eigenvalue weighted by Crippen LogP contribution is 2.28. The van der Waals surface area contributed by atoms with Crippen molar-refractivity contribution in [2.24, 2.45) is 0 Å². The first-order chi connectivity index (χ1) is 8.60. The Morgan fingerprint density at radius 2 is 2.17 bits per heavy atom. The summed E-state index contributed by atoms with van der Waals surface area (Å²) in [7, 11) is 0. The summed E-state index contributed by atoms with van der Waals surface area (Å²) < 4.78 is 5.49. The fourth-order valence-corrected chi connectivity index (χ4v) is 2.24. The van der Waals surface area contributed by atoms with Gasteiger partial charge in [0.2, 0.25) is 0 Å². The van der Waals surface area contributed by atoms with Gasteiger partial charge in [-0.2, -0.15) is 0 Å². The Kier molecular flexibility index (Phi) is 4.04. The summed E-state index contributed by atoms with van der Waals surface area (Å²) in [5, 5.41) is 10.3. The normalized spacial score (nSPS) is 12.7. The summed E-state index contributed by atoms with van der Waals surface area (Å²) in [4.78, 5) is 9.48. The van der Waals surface area contributed by atoms with Crippen LogP contribution in [0.5, 0.6) is 0 Å². The Labute approximate surface area is 110 Å². The molecule has 2 aromatic rings. The smallest absolute Gasteiger partial charge is 0.261 e. The van der Waals surface area contributed by atoms with E-state index in [1.807, 2.05) is 32.9 Å². The summed E-state index contributed by atoms with van der Waals surface area (Å²) in [6.45, 7) is 5.74. The van der Waals surface area contributed by atoms with E-state index in [-0.39, 0.29) is 0 Å². The highest BCUT2D eigenvalue weighted by Gasteiger charge is 2.09. The molecule has 4 nitrogen and oxygen atoms in total. The lowest BCUT2D eigenvalue weighted by Gasteiger charge is -2.06. The second-order valence-electron chi connectivity index (χ2n) is 4.07. The van der Waals surface area contributed by atoms with Crippen molar-refractivity contribution in [1.82, 2.24) is 9.97 Å². The van der Waals surface area contributed by atoms with E-state index < -0.39 is 6.10 Å². The zero-order chi connectivity index (χ0) is 13.1. The maximum Gasteiger partial charge on any atom is 0.261 e. The van der Waals surface area contributed by atoms with Crippen molar-refractivity contribution in [3.8, 4) is 0 Å². The first kappa shape index (κ1) is 13.1. The Morgan fingerprint density at radius 1 is 1.39 bits per heavy atom. The van der Waals surface area contributed by atoms with E-state index in [4.69, 9.17) is 4.42 Å². The lowest BCUT2D eigenvalue weighted by atomic mass is 10.2. The van der Waals surface area contributed by atoms with E-state index in [2.05, 4.69) is 9.97 Å². The van der Waals surface area contributed by atoms with Crippen LogP contribution in [0.15, 0.2) is 32.9 Å². The van der Waals surface area contributed by atoms with Gasteiger partial charge in [0.1, 0.15) is 5.76 Å². The molecular weight excluding hydrogens is 248 g/mol. The van der Waals surface area contributed by atoms with Gasteiger partial charge in [-0.25, -0.2) is 4.98 Å². The monoisotopic (exact) mass is 264 g/mol.